The number of pyridine rings is 1. The van der Waals surface area contributed by atoms with Crippen molar-refractivity contribution < 1.29 is 21.1 Å². The predicted molar refractivity (Wildman–Crippen MR) is 230 cm³/mol. The molecule has 0 fully saturated rings. The molecule has 3 heterocycles. The molecule has 284 valence electrons. The summed E-state index contributed by atoms with van der Waals surface area (Å²) in [4.78, 5) is 11.6. The maximum atomic E-state index is 4.79. The van der Waals surface area contributed by atoms with Crippen molar-refractivity contribution in [1.29, 1.82) is 0 Å². The molecule has 2 aromatic heterocycles. The molecule has 0 saturated heterocycles. The number of fused-ring (bicyclic) bond motifs is 5. The molecule has 0 unspecified atom stereocenters. The minimum absolute atomic E-state index is 0. The van der Waals surface area contributed by atoms with Crippen molar-refractivity contribution in [3.8, 4) is 5.82 Å². The van der Waals surface area contributed by atoms with Crippen LogP contribution in [0.1, 0.15) is 44.9 Å². The molecule has 1 aliphatic carbocycles. The molecule has 8 aromatic rings. The first-order valence-corrected chi connectivity index (χ1v) is 19.4. The third-order valence-corrected chi connectivity index (χ3v) is 11.5. The van der Waals surface area contributed by atoms with Crippen LogP contribution in [0.3, 0.4) is 0 Å². The second kappa shape index (κ2) is 14.9. The van der Waals surface area contributed by atoms with E-state index in [1.807, 2.05) is 18.3 Å². The summed E-state index contributed by atoms with van der Waals surface area (Å²) in [6, 6.07) is 55.8. The molecule has 6 aromatic carbocycles. The van der Waals surface area contributed by atoms with E-state index >= 15 is 0 Å². The van der Waals surface area contributed by atoms with Crippen molar-refractivity contribution in [1.82, 2.24) is 14.5 Å². The van der Waals surface area contributed by atoms with Crippen molar-refractivity contribution in [2.75, 3.05) is 16.8 Å². The Kier molecular flexibility index (Phi) is 9.58. The number of aromatic nitrogens is 2. The molecule has 5 nitrogen and oxygen atoms in total. The molecule has 0 bridgehead atoms. The zero-order chi connectivity index (χ0) is 37.9. The predicted octanol–water partition coefficient (Wildman–Crippen LogP) is 11.8. The van der Waals surface area contributed by atoms with Crippen LogP contribution in [0.2, 0.25) is 0 Å². The molecular formula is C51H42N5Pt-3. The Balaban J connectivity index is 0.00000422. The van der Waals surface area contributed by atoms with Crippen LogP contribution in [-0.2, 0) is 33.9 Å². The Bertz CT molecular complexity index is 2750. The number of anilines is 4. The molecular weight excluding hydrogens is 878 g/mol. The summed E-state index contributed by atoms with van der Waals surface area (Å²) < 4.78 is 2.23. The van der Waals surface area contributed by atoms with Gasteiger partial charge in [-0.25, -0.2) is 4.98 Å². The fourth-order valence-electron chi connectivity index (χ4n) is 9.13. The Hall–Kier alpha value is -5.90. The minimum Gasteiger partial charge on any atom is -0.507 e. The smallest absolute Gasteiger partial charge is 0.135 e. The summed E-state index contributed by atoms with van der Waals surface area (Å²) in [7, 11) is 2.17. The number of rotatable bonds is 6. The van der Waals surface area contributed by atoms with E-state index in [4.69, 9.17) is 4.98 Å². The number of para-hydroxylation sites is 1. The van der Waals surface area contributed by atoms with Crippen LogP contribution in [-0.4, -0.2) is 21.5 Å². The number of hydrogen-bond acceptors (Lipinski definition) is 4. The second-order valence-corrected chi connectivity index (χ2v) is 15.2. The monoisotopic (exact) mass is 919 g/mol. The van der Waals surface area contributed by atoms with Crippen molar-refractivity contribution in [2.45, 2.75) is 39.5 Å². The quantitative estimate of drug-likeness (QED) is 0.155. The molecule has 0 saturated carbocycles. The standard InChI is InChI=1S/C51H42N5.Pt/c1-34-28-35(2)51(36(3)29-34)55(41-25-26-45-44-20-9-10-21-46(44)56(47(45)31-41)49-22-11-12-27-52-49)40-17-13-16-39(30-40)54-32-48(53(4)33-54)50-42-18-7-5-14-37(42)23-24-38-15-6-8-19-43(38)50;/h5-22,25-29,32-33,50H,23-24H2,1-4H3;/q-3;. The van der Waals surface area contributed by atoms with Gasteiger partial charge in [0.05, 0.1) is 0 Å². The molecule has 57 heavy (non-hydrogen) atoms. The Morgan fingerprint density at radius 2 is 1.35 bits per heavy atom. The van der Waals surface area contributed by atoms with Crippen molar-refractivity contribution in [3.05, 3.63) is 209 Å². The molecule has 0 radical (unpaired) electrons. The van der Waals surface area contributed by atoms with Gasteiger partial charge in [0, 0.05) is 50.1 Å². The number of hydrogen-bond donors (Lipinski definition) is 0. The van der Waals surface area contributed by atoms with Crippen LogP contribution >= 0.6 is 0 Å². The summed E-state index contributed by atoms with van der Waals surface area (Å²) >= 11 is 0. The maximum Gasteiger partial charge on any atom is 0.135 e. The average molecular weight is 920 g/mol. The summed E-state index contributed by atoms with van der Waals surface area (Å²) in [6.07, 6.45) is 6.24. The van der Waals surface area contributed by atoms with E-state index in [9.17, 15) is 0 Å². The molecule has 0 atom stereocenters. The summed E-state index contributed by atoms with van der Waals surface area (Å²) in [5.41, 5.74) is 16.5. The van der Waals surface area contributed by atoms with Gasteiger partial charge in [-0.15, -0.1) is 41.4 Å². The van der Waals surface area contributed by atoms with Gasteiger partial charge in [-0.05, 0) is 104 Å². The normalized spacial score (nSPS) is 13.9. The van der Waals surface area contributed by atoms with Crippen LogP contribution < -0.4 is 9.80 Å². The van der Waals surface area contributed by atoms with Crippen molar-refractivity contribution >= 4 is 44.6 Å². The zero-order valence-electron chi connectivity index (χ0n) is 32.5. The second-order valence-electron chi connectivity index (χ2n) is 15.2. The van der Waals surface area contributed by atoms with Gasteiger partial charge in [-0.1, -0.05) is 107 Å². The molecule has 0 N–H and O–H groups in total. The van der Waals surface area contributed by atoms with Crippen LogP contribution in [0.25, 0.3) is 27.6 Å². The summed E-state index contributed by atoms with van der Waals surface area (Å²) in [5.74, 6) is 0.992. The first-order chi connectivity index (χ1) is 27.4. The number of allylic oxidation sites excluding steroid dienone is 1. The van der Waals surface area contributed by atoms with E-state index in [-0.39, 0.29) is 27.0 Å². The largest absolute Gasteiger partial charge is 0.507 e. The molecule has 6 heteroatoms. The van der Waals surface area contributed by atoms with Gasteiger partial charge >= 0.3 is 0 Å². The van der Waals surface area contributed by atoms with Crippen LogP contribution in [0.15, 0.2) is 152 Å². The van der Waals surface area contributed by atoms with Crippen molar-refractivity contribution in [3.63, 3.8) is 0 Å². The van der Waals surface area contributed by atoms with Gasteiger partial charge in [-0.3, -0.25) is 0 Å². The van der Waals surface area contributed by atoms with E-state index < -0.39 is 0 Å². The van der Waals surface area contributed by atoms with Gasteiger partial charge < -0.3 is 19.3 Å². The van der Waals surface area contributed by atoms with E-state index in [0.717, 1.165) is 57.8 Å². The number of aryl methyl sites for hydroxylation is 5. The topological polar surface area (TPSA) is 27.5 Å². The van der Waals surface area contributed by atoms with E-state index in [1.165, 1.54) is 50.0 Å². The van der Waals surface area contributed by atoms with Gasteiger partial charge in [0.15, 0.2) is 0 Å². The number of likely N-dealkylation sites (N-methyl/N-ethyl adjacent to an activating group) is 1. The summed E-state index contributed by atoms with van der Waals surface area (Å²) in [5, 5.41) is 2.31. The Labute approximate surface area is 349 Å². The van der Waals surface area contributed by atoms with Crippen LogP contribution in [0.4, 0.5) is 22.7 Å². The molecule has 10 rings (SSSR count). The Morgan fingerprint density at radius 1 is 0.684 bits per heavy atom. The maximum absolute atomic E-state index is 4.79. The Morgan fingerprint density at radius 3 is 2.07 bits per heavy atom. The van der Waals surface area contributed by atoms with Gasteiger partial charge in [0.1, 0.15) is 5.82 Å². The van der Waals surface area contributed by atoms with Crippen LogP contribution in [0, 0.1) is 39.6 Å². The third-order valence-electron chi connectivity index (χ3n) is 11.5. The molecule has 1 aliphatic heterocycles. The fraction of sp³-hybridized carbons (Fsp3) is 0.137. The average Bonchev–Trinajstić information content (AvgIpc) is 3.71. The fourth-order valence-corrected chi connectivity index (χ4v) is 9.13. The van der Waals surface area contributed by atoms with Crippen LogP contribution in [0.5, 0.6) is 0 Å². The summed E-state index contributed by atoms with van der Waals surface area (Å²) in [6.45, 7) is 8.77. The minimum atomic E-state index is 0. The van der Waals surface area contributed by atoms with E-state index in [2.05, 4.69) is 193 Å². The number of nitrogens with zero attached hydrogens (tertiary/aromatic N) is 5. The van der Waals surface area contributed by atoms with Gasteiger partial charge in [0.2, 0.25) is 0 Å². The molecule has 0 spiro atoms. The number of benzene rings is 6. The zero-order valence-corrected chi connectivity index (χ0v) is 34.7. The SMILES string of the molecule is Cc1cc(C)c(N(c2[c-]c(N3C=C(C4c5ccccc5CCc5ccccc54)N(C)[CH-]3)ccc2)c2[c-]c3c(cc2)c2ccccc2n3-c2ccccn2)c(C)c1.[Pt]. The third kappa shape index (κ3) is 6.35. The first-order valence-electron chi connectivity index (χ1n) is 19.4. The van der Waals surface area contributed by atoms with Crippen molar-refractivity contribution in [2.24, 2.45) is 0 Å². The van der Waals surface area contributed by atoms with E-state index in [1.54, 1.807) is 0 Å². The van der Waals surface area contributed by atoms with E-state index in [0.29, 0.717) is 0 Å². The van der Waals surface area contributed by atoms with Gasteiger partial charge in [-0.2, -0.15) is 18.8 Å². The van der Waals surface area contributed by atoms with Gasteiger partial charge in [0.25, 0.3) is 0 Å². The molecule has 2 aliphatic rings. The molecule has 0 amide bonds. The first kappa shape index (κ1) is 36.7.